The molecule has 1 unspecified atom stereocenters. The van der Waals surface area contributed by atoms with Gasteiger partial charge in [-0.3, -0.25) is 4.90 Å². The standard InChI is InChI=1S/C24H26N2/c1-19-7-5-6-10-23(19)21-13-11-20(12-14-21)17-26-16-15-25-24(18-26)22-8-3-2-4-9-22/h2-14,24-25H,15-18H2,1H3. The fourth-order valence-electron chi connectivity index (χ4n) is 3.81. The molecule has 4 rings (SSSR count). The molecule has 132 valence electrons. The highest BCUT2D eigenvalue weighted by molar-refractivity contribution is 5.67. The smallest absolute Gasteiger partial charge is 0.0449 e. The van der Waals surface area contributed by atoms with Crippen LogP contribution in [0.4, 0.5) is 0 Å². The highest BCUT2D eigenvalue weighted by Gasteiger charge is 2.20. The first-order valence-electron chi connectivity index (χ1n) is 9.45. The van der Waals surface area contributed by atoms with Gasteiger partial charge in [-0.1, -0.05) is 78.9 Å². The van der Waals surface area contributed by atoms with Gasteiger partial charge in [-0.05, 0) is 34.7 Å². The van der Waals surface area contributed by atoms with Crippen LogP contribution < -0.4 is 5.32 Å². The average Bonchev–Trinajstić information content (AvgIpc) is 2.70. The van der Waals surface area contributed by atoms with Crippen LogP contribution >= 0.6 is 0 Å². The molecule has 1 aliphatic heterocycles. The second kappa shape index (κ2) is 7.86. The Morgan fingerprint density at radius 2 is 1.62 bits per heavy atom. The van der Waals surface area contributed by atoms with Gasteiger partial charge in [0.15, 0.2) is 0 Å². The van der Waals surface area contributed by atoms with Gasteiger partial charge in [0.25, 0.3) is 0 Å². The molecular formula is C24H26N2. The Morgan fingerprint density at radius 1 is 0.885 bits per heavy atom. The Labute approximate surface area is 156 Å². The van der Waals surface area contributed by atoms with Gasteiger partial charge in [0.05, 0.1) is 0 Å². The van der Waals surface area contributed by atoms with Gasteiger partial charge in [0.2, 0.25) is 0 Å². The molecule has 1 saturated heterocycles. The minimum atomic E-state index is 0.427. The minimum Gasteiger partial charge on any atom is -0.308 e. The molecule has 1 N–H and O–H groups in total. The van der Waals surface area contributed by atoms with Crippen LogP contribution in [-0.2, 0) is 6.54 Å². The van der Waals surface area contributed by atoms with Gasteiger partial charge in [-0.25, -0.2) is 0 Å². The number of rotatable bonds is 4. The summed E-state index contributed by atoms with van der Waals surface area (Å²) in [4.78, 5) is 2.55. The molecule has 2 nitrogen and oxygen atoms in total. The highest BCUT2D eigenvalue weighted by atomic mass is 15.2. The van der Waals surface area contributed by atoms with Gasteiger partial charge in [0, 0.05) is 32.2 Å². The van der Waals surface area contributed by atoms with Gasteiger partial charge in [0.1, 0.15) is 0 Å². The maximum Gasteiger partial charge on any atom is 0.0449 e. The van der Waals surface area contributed by atoms with Crippen molar-refractivity contribution in [1.82, 2.24) is 10.2 Å². The van der Waals surface area contributed by atoms with Crippen molar-refractivity contribution in [3.05, 3.63) is 95.6 Å². The molecule has 1 heterocycles. The number of hydrogen-bond donors (Lipinski definition) is 1. The maximum atomic E-state index is 3.65. The predicted octanol–water partition coefficient (Wildman–Crippen LogP) is 4.81. The Morgan fingerprint density at radius 3 is 2.38 bits per heavy atom. The molecule has 0 saturated carbocycles. The Hall–Kier alpha value is -2.42. The van der Waals surface area contributed by atoms with Crippen LogP contribution in [0.5, 0.6) is 0 Å². The molecule has 3 aromatic rings. The number of aryl methyl sites for hydroxylation is 1. The van der Waals surface area contributed by atoms with Crippen molar-refractivity contribution in [1.29, 1.82) is 0 Å². The van der Waals surface area contributed by atoms with Crippen molar-refractivity contribution in [2.24, 2.45) is 0 Å². The quantitative estimate of drug-likeness (QED) is 0.732. The third-order valence-corrected chi connectivity index (χ3v) is 5.28. The zero-order chi connectivity index (χ0) is 17.8. The Balaban J connectivity index is 1.43. The molecule has 0 amide bonds. The zero-order valence-corrected chi connectivity index (χ0v) is 15.4. The van der Waals surface area contributed by atoms with E-state index in [1.807, 2.05) is 0 Å². The molecule has 3 aromatic carbocycles. The second-order valence-corrected chi connectivity index (χ2v) is 7.16. The first-order chi connectivity index (χ1) is 12.8. The lowest BCUT2D eigenvalue weighted by atomic mass is 9.99. The van der Waals surface area contributed by atoms with E-state index in [9.17, 15) is 0 Å². The summed E-state index contributed by atoms with van der Waals surface area (Å²) in [5.74, 6) is 0. The lowest BCUT2D eigenvalue weighted by molar-refractivity contribution is 0.193. The number of nitrogens with zero attached hydrogens (tertiary/aromatic N) is 1. The predicted molar refractivity (Wildman–Crippen MR) is 109 cm³/mol. The molecule has 1 fully saturated rings. The van der Waals surface area contributed by atoms with E-state index in [1.165, 1.54) is 27.8 Å². The zero-order valence-electron chi connectivity index (χ0n) is 15.4. The molecule has 1 atom stereocenters. The number of hydrogen-bond acceptors (Lipinski definition) is 2. The van der Waals surface area contributed by atoms with Crippen molar-refractivity contribution in [2.75, 3.05) is 19.6 Å². The summed E-state index contributed by atoms with van der Waals surface area (Å²) in [6.45, 7) is 6.39. The van der Waals surface area contributed by atoms with E-state index in [1.54, 1.807) is 0 Å². The summed E-state index contributed by atoms with van der Waals surface area (Å²) < 4.78 is 0. The van der Waals surface area contributed by atoms with Gasteiger partial charge < -0.3 is 5.32 Å². The summed E-state index contributed by atoms with van der Waals surface area (Å²) in [5, 5.41) is 3.65. The molecule has 1 aliphatic rings. The summed E-state index contributed by atoms with van der Waals surface area (Å²) in [6.07, 6.45) is 0. The van der Waals surface area contributed by atoms with Gasteiger partial charge >= 0.3 is 0 Å². The molecule has 0 spiro atoms. The van der Waals surface area contributed by atoms with Crippen molar-refractivity contribution in [2.45, 2.75) is 19.5 Å². The van der Waals surface area contributed by atoms with Crippen molar-refractivity contribution in [3.8, 4) is 11.1 Å². The van der Waals surface area contributed by atoms with E-state index < -0.39 is 0 Å². The largest absolute Gasteiger partial charge is 0.308 e. The molecular weight excluding hydrogens is 316 g/mol. The molecule has 0 bridgehead atoms. The van der Waals surface area contributed by atoms with E-state index in [-0.39, 0.29) is 0 Å². The Kier molecular flexibility index (Phi) is 5.14. The van der Waals surface area contributed by atoms with Crippen LogP contribution in [0.2, 0.25) is 0 Å². The van der Waals surface area contributed by atoms with Crippen LogP contribution in [0.3, 0.4) is 0 Å². The molecule has 0 aliphatic carbocycles. The van der Waals surface area contributed by atoms with E-state index >= 15 is 0 Å². The number of benzene rings is 3. The van der Waals surface area contributed by atoms with E-state index in [4.69, 9.17) is 0 Å². The van der Waals surface area contributed by atoms with Crippen molar-refractivity contribution in [3.63, 3.8) is 0 Å². The van der Waals surface area contributed by atoms with Crippen LogP contribution in [0.25, 0.3) is 11.1 Å². The van der Waals surface area contributed by atoms with E-state index in [2.05, 4.69) is 96.0 Å². The monoisotopic (exact) mass is 342 g/mol. The van der Waals surface area contributed by atoms with Crippen LogP contribution in [0.15, 0.2) is 78.9 Å². The topological polar surface area (TPSA) is 15.3 Å². The lowest BCUT2D eigenvalue weighted by Gasteiger charge is -2.34. The van der Waals surface area contributed by atoms with Crippen LogP contribution in [0.1, 0.15) is 22.7 Å². The van der Waals surface area contributed by atoms with Gasteiger partial charge in [-0.15, -0.1) is 0 Å². The van der Waals surface area contributed by atoms with Crippen LogP contribution in [0, 0.1) is 6.92 Å². The average molecular weight is 342 g/mol. The minimum absolute atomic E-state index is 0.427. The van der Waals surface area contributed by atoms with E-state index in [0.29, 0.717) is 6.04 Å². The van der Waals surface area contributed by atoms with Crippen molar-refractivity contribution >= 4 is 0 Å². The number of nitrogens with one attached hydrogen (secondary N) is 1. The fourth-order valence-corrected chi connectivity index (χ4v) is 3.81. The van der Waals surface area contributed by atoms with Crippen molar-refractivity contribution < 1.29 is 0 Å². The summed E-state index contributed by atoms with van der Waals surface area (Å²) >= 11 is 0. The van der Waals surface area contributed by atoms with E-state index in [0.717, 1.165) is 26.2 Å². The molecule has 0 aromatic heterocycles. The summed E-state index contributed by atoms with van der Waals surface area (Å²) in [7, 11) is 0. The SMILES string of the molecule is Cc1ccccc1-c1ccc(CN2CCNC(c3ccccc3)C2)cc1. The summed E-state index contributed by atoms with van der Waals surface area (Å²) in [5.41, 5.74) is 6.72. The number of piperazine rings is 1. The maximum absolute atomic E-state index is 3.65. The van der Waals surface area contributed by atoms with Gasteiger partial charge in [-0.2, -0.15) is 0 Å². The first kappa shape index (κ1) is 17.0. The normalized spacial score (nSPS) is 18.0. The highest BCUT2D eigenvalue weighted by Crippen LogP contribution is 2.24. The molecule has 26 heavy (non-hydrogen) atoms. The first-order valence-corrected chi connectivity index (χ1v) is 9.45. The third kappa shape index (κ3) is 3.87. The lowest BCUT2D eigenvalue weighted by Crippen LogP contribution is -2.45. The second-order valence-electron chi connectivity index (χ2n) is 7.16. The molecule has 0 radical (unpaired) electrons. The third-order valence-electron chi connectivity index (χ3n) is 5.28. The Bertz CT molecular complexity index is 840. The fraction of sp³-hybridized carbons (Fsp3) is 0.250. The van der Waals surface area contributed by atoms with Crippen LogP contribution in [-0.4, -0.2) is 24.5 Å². The summed E-state index contributed by atoms with van der Waals surface area (Å²) in [6, 6.07) is 28.9. The molecule has 2 heteroatoms.